The zero-order chi connectivity index (χ0) is 15.6. The Hall–Kier alpha value is -2.11. The second-order valence-corrected chi connectivity index (χ2v) is 5.44. The van der Waals surface area contributed by atoms with E-state index in [0.717, 1.165) is 6.42 Å². The van der Waals surface area contributed by atoms with E-state index in [9.17, 15) is 14.4 Å². The molecule has 1 aliphatic rings. The molecule has 1 aromatic heterocycles. The van der Waals surface area contributed by atoms with Crippen molar-refractivity contribution in [3.05, 3.63) is 22.6 Å². The predicted molar refractivity (Wildman–Crippen MR) is 74.5 cm³/mol. The molecule has 0 saturated heterocycles. The minimum absolute atomic E-state index is 0.00638. The van der Waals surface area contributed by atoms with Crippen LogP contribution in [0, 0.1) is 6.92 Å². The highest BCUT2D eigenvalue weighted by Gasteiger charge is 2.29. The number of carboxylic acid groups (broad SMARTS) is 1. The Morgan fingerprint density at radius 3 is 2.71 bits per heavy atom. The number of amides is 1. The van der Waals surface area contributed by atoms with Crippen molar-refractivity contribution in [2.75, 3.05) is 0 Å². The van der Waals surface area contributed by atoms with Gasteiger partial charge in [0.25, 0.3) is 5.91 Å². The third kappa shape index (κ3) is 3.32. The van der Waals surface area contributed by atoms with Crippen molar-refractivity contribution in [2.24, 2.45) is 0 Å². The van der Waals surface area contributed by atoms with E-state index < -0.39 is 11.9 Å². The summed E-state index contributed by atoms with van der Waals surface area (Å²) in [7, 11) is 0. The van der Waals surface area contributed by atoms with Crippen molar-refractivity contribution in [3.63, 3.8) is 0 Å². The molecule has 114 valence electrons. The molecule has 0 aromatic carbocycles. The predicted octanol–water partition coefficient (Wildman–Crippen LogP) is 2.09. The zero-order valence-corrected chi connectivity index (χ0v) is 12.2. The first kappa shape index (κ1) is 15.3. The first-order chi connectivity index (χ1) is 9.90. The fourth-order valence-corrected chi connectivity index (χ4v) is 2.57. The third-order valence-electron chi connectivity index (χ3n) is 3.68. The summed E-state index contributed by atoms with van der Waals surface area (Å²) < 4.78 is 5.55. The van der Waals surface area contributed by atoms with E-state index in [1.165, 1.54) is 0 Å². The van der Waals surface area contributed by atoms with Crippen LogP contribution < -0.4 is 5.32 Å². The Morgan fingerprint density at radius 1 is 1.38 bits per heavy atom. The van der Waals surface area contributed by atoms with Crippen molar-refractivity contribution in [3.8, 4) is 0 Å². The third-order valence-corrected chi connectivity index (χ3v) is 3.68. The molecule has 0 aliphatic heterocycles. The minimum atomic E-state index is -0.897. The summed E-state index contributed by atoms with van der Waals surface area (Å²) >= 11 is 0. The Balaban J connectivity index is 2.10. The first-order valence-electron chi connectivity index (χ1n) is 7.08. The number of fused-ring (bicyclic) bond motifs is 1. The molecule has 6 nitrogen and oxygen atoms in total. The van der Waals surface area contributed by atoms with Gasteiger partial charge >= 0.3 is 5.97 Å². The average molecular weight is 293 g/mol. The number of aryl methyl sites for hydroxylation is 1. The number of furan rings is 1. The lowest BCUT2D eigenvalue weighted by atomic mass is 9.94. The summed E-state index contributed by atoms with van der Waals surface area (Å²) in [6, 6.07) is -0.272. The van der Waals surface area contributed by atoms with Gasteiger partial charge in [-0.1, -0.05) is 0 Å². The maximum absolute atomic E-state index is 12.2. The standard InChI is InChI=1S/C15H19NO5/c1-8(6-7-12(18)19)16-15(20)14-9(2)13-10(17)4-3-5-11(13)21-14/h8H,3-7H2,1-2H3,(H,16,20)(H,18,19). The van der Waals surface area contributed by atoms with E-state index in [2.05, 4.69) is 5.32 Å². The number of Topliss-reactive ketones (excluding diaryl/α,β-unsaturated/α-hetero) is 1. The van der Waals surface area contributed by atoms with Gasteiger partial charge in [0.1, 0.15) is 5.76 Å². The number of ketones is 1. The Bertz CT molecular complexity index is 587. The molecule has 2 N–H and O–H groups in total. The Labute approximate surface area is 122 Å². The monoisotopic (exact) mass is 293 g/mol. The normalized spacial score (nSPS) is 15.4. The number of rotatable bonds is 5. The van der Waals surface area contributed by atoms with Gasteiger partial charge in [0.15, 0.2) is 11.5 Å². The SMILES string of the molecule is Cc1c(C(=O)NC(C)CCC(=O)O)oc2c1C(=O)CCC2. The summed E-state index contributed by atoms with van der Waals surface area (Å²) in [5.74, 6) is -0.515. The van der Waals surface area contributed by atoms with Crippen LogP contribution in [0.3, 0.4) is 0 Å². The number of carbonyl (C=O) groups excluding carboxylic acids is 2. The van der Waals surface area contributed by atoms with Gasteiger partial charge in [0, 0.05) is 30.9 Å². The zero-order valence-electron chi connectivity index (χ0n) is 12.2. The van der Waals surface area contributed by atoms with Crippen molar-refractivity contribution in [1.29, 1.82) is 0 Å². The fourth-order valence-electron chi connectivity index (χ4n) is 2.57. The van der Waals surface area contributed by atoms with E-state index in [1.54, 1.807) is 13.8 Å². The van der Waals surface area contributed by atoms with Crippen LogP contribution in [0.2, 0.25) is 0 Å². The van der Waals surface area contributed by atoms with Crippen LogP contribution in [0.5, 0.6) is 0 Å². The molecule has 0 fully saturated rings. The summed E-state index contributed by atoms with van der Waals surface area (Å²) in [5, 5.41) is 11.3. The number of aliphatic carboxylic acids is 1. The second kappa shape index (κ2) is 6.11. The van der Waals surface area contributed by atoms with Gasteiger partial charge in [-0.2, -0.15) is 0 Å². The average Bonchev–Trinajstić information content (AvgIpc) is 2.75. The van der Waals surface area contributed by atoms with Crippen LogP contribution in [-0.4, -0.2) is 28.8 Å². The summed E-state index contributed by atoms with van der Waals surface area (Å²) in [6.07, 6.45) is 2.25. The van der Waals surface area contributed by atoms with Gasteiger partial charge in [-0.25, -0.2) is 0 Å². The van der Waals surface area contributed by atoms with Gasteiger partial charge in [-0.3, -0.25) is 14.4 Å². The molecule has 1 heterocycles. The number of carbonyl (C=O) groups is 3. The molecule has 1 amide bonds. The number of nitrogens with one attached hydrogen (secondary N) is 1. The quantitative estimate of drug-likeness (QED) is 0.866. The number of hydrogen-bond acceptors (Lipinski definition) is 4. The lowest BCUT2D eigenvalue weighted by Crippen LogP contribution is -2.33. The second-order valence-electron chi connectivity index (χ2n) is 5.44. The highest BCUT2D eigenvalue weighted by Crippen LogP contribution is 2.29. The Kier molecular flexibility index (Phi) is 4.45. The van der Waals surface area contributed by atoms with Crippen molar-refractivity contribution >= 4 is 17.7 Å². The lowest BCUT2D eigenvalue weighted by Gasteiger charge is -2.11. The molecule has 1 aliphatic carbocycles. The number of hydrogen-bond donors (Lipinski definition) is 2. The molecule has 6 heteroatoms. The van der Waals surface area contributed by atoms with Crippen molar-refractivity contribution in [2.45, 2.75) is 52.0 Å². The van der Waals surface area contributed by atoms with Gasteiger partial charge in [0.2, 0.25) is 0 Å². The van der Waals surface area contributed by atoms with E-state index >= 15 is 0 Å². The molecule has 0 spiro atoms. The molecule has 1 unspecified atom stereocenters. The maximum Gasteiger partial charge on any atom is 0.303 e. The van der Waals surface area contributed by atoms with E-state index in [4.69, 9.17) is 9.52 Å². The minimum Gasteiger partial charge on any atom is -0.481 e. The van der Waals surface area contributed by atoms with E-state index in [0.29, 0.717) is 36.1 Å². The molecular formula is C15H19NO5. The molecule has 1 aromatic rings. The Morgan fingerprint density at radius 2 is 2.10 bits per heavy atom. The first-order valence-corrected chi connectivity index (χ1v) is 7.08. The van der Waals surface area contributed by atoms with E-state index in [1.807, 2.05) is 0 Å². The van der Waals surface area contributed by atoms with Gasteiger partial charge in [-0.15, -0.1) is 0 Å². The van der Waals surface area contributed by atoms with Crippen LogP contribution in [0.1, 0.15) is 64.8 Å². The molecule has 0 bridgehead atoms. The van der Waals surface area contributed by atoms with Crippen LogP contribution in [-0.2, 0) is 11.2 Å². The lowest BCUT2D eigenvalue weighted by molar-refractivity contribution is -0.137. The van der Waals surface area contributed by atoms with E-state index in [-0.39, 0.29) is 24.0 Å². The molecule has 1 atom stereocenters. The highest BCUT2D eigenvalue weighted by atomic mass is 16.4. The van der Waals surface area contributed by atoms with Crippen molar-refractivity contribution in [1.82, 2.24) is 5.32 Å². The van der Waals surface area contributed by atoms with Crippen molar-refractivity contribution < 1.29 is 23.9 Å². The molecule has 0 radical (unpaired) electrons. The molecule has 2 rings (SSSR count). The highest BCUT2D eigenvalue weighted by molar-refractivity contribution is 6.03. The number of carboxylic acids is 1. The smallest absolute Gasteiger partial charge is 0.303 e. The van der Waals surface area contributed by atoms with Crippen LogP contribution in [0.4, 0.5) is 0 Å². The molecular weight excluding hydrogens is 274 g/mol. The summed E-state index contributed by atoms with van der Waals surface area (Å²) in [4.78, 5) is 34.6. The van der Waals surface area contributed by atoms with Gasteiger partial charge in [-0.05, 0) is 26.7 Å². The largest absolute Gasteiger partial charge is 0.481 e. The topological polar surface area (TPSA) is 96.6 Å². The van der Waals surface area contributed by atoms with Gasteiger partial charge < -0.3 is 14.8 Å². The van der Waals surface area contributed by atoms with Crippen LogP contribution in [0.25, 0.3) is 0 Å². The maximum atomic E-state index is 12.2. The summed E-state index contributed by atoms with van der Waals surface area (Å²) in [6.45, 7) is 3.45. The van der Waals surface area contributed by atoms with Crippen LogP contribution in [0.15, 0.2) is 4.42 Å². The molecule has 21 heavy (non-hydrogen) atoms. The summed E-state index contributed by atoms with van der Waals surface area (Å²) in [5.41, 5.74) is 1.13. The van der Waals surface area contributed by atoms with Gasteiger partial charge in [0.05, 0.1) is 5.56 Å². The molecule has 0 saturated carbocycles. The fraction of sp³-hybridized carbons (Fsp3) is 0.533. The van der Waals surface area contributed by atoms with Crippen LogP contribution >= 0.6 is 0 Å².